The van der Waals surface area contributed by atoms with Gasteiger partial charge in [0, 0.05) is 6.54 Å². The second kappa shape index (κ2) is 10.6. The zero-order chi connectivity index (χ0) is 20.5. The van der Waals surface area contributed by atoms with E-state index in [4.69, 9.17) is 14.2 Å². The fourth-order valence-corrected chi connectivity index (χ4v) is 3.14. The van der Waals surface area contributed by atoms with Crippen molar-refractivity contribution in [2.24, 2.45) is 0 Å². The highest BCUT2D eigenvalue weighted by molar-refractivity contribution is 5.81. The first kappa shape index (κ1) is 21.6. The summed E-state index contributed by atoms with van der Waals surface area (Å²) < 4.78 is 16.5. The van der Waals surface area contributed by atoms with Crippen molar-refractivity contribution >= 4 is 5.91 Å². The van der Waals surface area contributed by atoms with E-state index < -0.39 is 6.10 Å². The van der Waals surface area contributed by atoms with Crippen LogP contribution in [0.5, 0.6) is 17.2 Å². The summed E-state index contributed by atoms with van der Waals surface area (Å²) in [5, 5.41) is 2.98. The van der Waals surface area contributed by atoms with Crippen LogP contribution in [0.1, 0.15) is 36.5 Å². The van der Waals surface area contributed by atoms with E-state index in [1.165, 1.54) is 0 Å². The molecule has 2 aromatic rings. The van der Waals surface area contributed by atoms with Gasteiger partial charge in [-0.2, -0.15) is 0 Å². The summed E-state index contributed by atoms with van der Waals surface area (Å²) >= 11 is 0. The molecule has 0 aliphatic rings. The molecule has 1 N–H and O–H groups in total. The Bertz CT molecular complexity index is 768. The van der Waals surface area contributed by atoms with E-state index in [0.29, 0.717) is 18.7 Å². The SMILES string of the molecule is CC[C@H](Oc1cc(C)cc(C)c1)C(=O)NCCCc1ccc(OC)c(OC)c1. The van der Waals surface area contributed by atoms with Crippen molar-refractivity contribution in [2.45, 2.75) is 46.1 Å². The van der Waals surface area contributed by atoms with Crippen molar-refractivity contribution < 1.29 is 19.0 Å². The molecule has 0 unspecified atom stereocenters. The number of carbonyl (C=O) groups is 1. The van der Waals surface area contributed by atoms with Gasteiger partial charge in [0.1, 0.15) is 5.75 Å². The quantitative estimate of drug-likeness (QED) is 0.622. The smallest absolute Gasteiger partial charge is 0.261 e. The molecule has 0 spiro atoms. The first-order valence-corrected chi connectivity index (χ1v) is 9.70. The number of ether oxygens (including phenoxy) is 3. The number of nitrogens with one attached hydrogen (secondary N) is 1. The summed E-state index contributed by atoms with van der Waals surface area (Å²) in [4.78, 5) is 12.5. The lowest BCUT2D eigenvalue weighted by Crippen LogP contribution is -2.38. The van der Waals surface area contributed by atoms with Gasteiger partial charge >= 0.3 is 0 Å². The van der Waals surface area contributed by atoms with Gasteiger partial charge in [0.25, 0.3) is 5.91 Å². The molecule has 0 fully saturated rings. The first-order chi connectivity index (χ1) is 13.5. The average molecular weight is 386 g/mol. The molecule has 5 heteroatoms. The summed E-state index contributed by atoms with van der Waals surface area (Å²) in [5.74, 6) is 2.10. The van der Waals surface area contributed by atoms with Crippen molar-refractivity contribution in [2.75, 3.05) is 20.8 Å². The second-order valence-electron chi connectivity index (χ2n) is 6.92. The van der Waals surface area contributed by atoms with Crippen molar-refractivity contribution in [3.05, 3.63) is 53.1 Å². The van der Waals surface area contributed by atoms with E-state index in [0.717, 1.165) is 41.0 Å². The minimum atomic E-state index is -0.484. The van der Waals surface area contributed by atoms with Crippen LogP contribution in [0.4, 0.5) is 0 Å². The van der Waals surface area contributed by atoms with Crippen molar-refractivity contribution in [3.8, 4) is 17.2 Å². The number of benzene rings is 2. The standard InChI is InChI=1S/C23H31NO4/c1-6-20(28-19-13-16(2)12-17(3)14-19)23(25)24-11-7-8-18-9-10-21(26-4)22(15-18)27-5/h9-10,12-15,20H,6-8,11H2,1-5H3,(H,24,25)/t20-/m0/s1. The van der Waals surface area contributed by atoms with Crippen molar-refractivity contribution in [3.63, 3.8) is 0 Å². The van der Waals surface area contributed by atoms with Gasteiger partial charge in [-0.25, -0.2) is 0 Å². The van der Waals surface area contributed by atoms with Crippen LogP contribution in [0, 0.1) is 13.8 Å². The molecule has 1 atom stereocenters. The fourth-order valence-electron chi connectivity index (χ4n) is 3.14. The van der Waals surface area contributed by atoms with Gasteiger partial charge in [-0.1, -0.05) is 19.1 Å². The second-order valence-corrected chi connectivity index (χ2v) is 6.92. The highest BCUT2D eigenvalue weighted by atomic mass is 16.5. The molecule has 5 nitrogen and oxygen atoms in total. The third-order valence-corrected chi connectivity index (χ3v) is 4.53. The third kappa shape index (κ3) is 6.19. The molecule has 0 aliphatic heterocycles. The van der Waals surface area contributed by atoms with Gasteiger partial charge in [-0.3, -0.25) is 4.79 Å². The molecule has 2 rings (SSSR count). The number of aryl methyl sites for hydroxylation is 3. The van der Waals surface area contributed by atoms with E-state index in [2.05, 4.69) is 11.4 Å². The van der Waals surface area contributed by atoms with Crippen molar-refractivity contribution in [1.29, 1.82) is 0 Å². The maximum atomic E-state index is 12.5. The van der Waals surface area contributed by atoms with Crippen molar-refractivity contribution in [1.82, 2.24) is 5.32 Å². The Kier molecular flexibility index (Phi) is 8.18. The van der Waals surface area contributed by atoms with E-state index in [1.807, 2.05) is 51.1 Å². The molecule has 0 saturated carbocycles. The van der Waals surface area contributed by atoms with E-state index in [1.54, 1.807) is 14.2 Å². The molecule has 1 amide bonds. The van der Waals surface area contributed by atoms with Crippen LogP contribution in [-0.2, 0) is 11.2 Å². The van der Waals surface area contributed by atoms with E-state index in [-0.39, 0.29) is 5.91 Å². The zero-order valence-electron chi connectivity index (χ0n) is 17.5. The van der Waals surface area contributed by atoms with Gasteiger partial charge in [-0.05, 0) is 74.1 Å². The number of rotatable bonds is 10. The molecule has 0 radical (unpaired) electrons. The Morgan fingerprint density at radius 2 is 1.68 bits per heavy atom. The summed E-state index contributed by atoms with van der Waals surface area (Å²) in [5.41, 5.74) is 3.39. The topological polar surface area (TPSA) is 56.8 Å². The van der Waals surface area contributed by atoms with Crippen LogP contribution >= 0.6 is 0 Å². The molecule has 0 saturated heterocycles. The zero-order valence-corrected chi connectivity index (χ0v) is 17.5. The molecule has 0 aliphatic carbocycles. The largest absolute Gasteiger partial charge is 0.493 e. The molecular weight excluding hydrogens is 354 g/mol. The molecule has 152 valence electrons. The summed E-state index contributed by atoms with van der Waals surface area (Å²) in [6.45, 7) is 6.60. The molecule has 0 heterocycles. The minimum Gasteiger partial charge on any atom is -0.493 e. The summed E-state index contributed by atoms with van der Waals surface area (Å²) in [6, 6.07) is 11.9. The first-order valence-electron chi connectivity index (χ1n) is 9.70. The van der Waals surface area contributed by atoms with Crippen LogP contribution in [0.25, 0.3) is 0 Å². The number of amides is 1. The van der Waals surface area contributed by atoms with Crippen LogP contribution in [0.2, 0.25) is 0 Å². The minimum absolute atomic E-state index is 0.0750. The highest BCUT2D eigenvalue weighted by Crippen LogP contribution is 2.27. The summed E-state index contributed by atoms with van der Waals surface area (Å²) in [7, 11) is 3.25. The van der Waals surface area contributed by atoms with Crippen LogP contribution in [-0.4, -0.2) is 32.8 Å². The Labute approximate surface area is 168 Å². The average Bonchev–Trinajstić information content (AvgIpc) is 2.68. The third-order valence-electron chi connectivity index (χ3n) is 4.53. The fraction of sp³-hybridized carbons (Fsp3) is 0.435. The lowest BCUT2D eigenvalue weighted by molar-refractivity contribution is -0.128. The Balaban J connectivity index is 1.83. The molecule has 0 aromatic heterocycles. The van der Waals surface area contributed by atoms with Gasteiger partial charge in [0.2, 0.25) is 0 Å². The highest BCUT2D eigenvalue weighted by Gasteiger charge is 2.18. The van der Waals surface area contributed by atoms with Gasteiger partial charge in [-0.15, -0.1) is 0 Å². The normalized spacial score (nSPS) is 11.6. The Hall–Kier alpha value is -2.69. The maximum absolute atomic E-state index is 12.5. The predicted octanol–water partition coefficient (Wildman–Crippen LogP) is 4.23. The number of methoxy groups -OCH3 is 2. The van der Waals surface area contributed by atoms with Gasteiger partial charge in [0.15, 0.2) is 17.6 Å². The lowest BCUT2D eigenvalue weighted by atomic mass is 10.1. The molecule has 2 aromatic carbocycles. The van der Waals surface area contributed by atoms with Crippen LogP contribution in [0.3, 0.4) is 0 Å². The summed E-state index contributed by atoms with van der Waals surface area (Å²) in [6.07, 6.45) is 1.81. The van der Waals surface area contributed by atoms with Crippen LogP contribution in [0.15, 0.2) is 36.4 Å². The molecule has 28 heavy (non-hydrogen) atoms. The molecular formula is C23H31NO4. The molecule has 0 bridgehead atoms. The Morgan fingerprint density at radius 3 is 2.29 bits per heavy atom. The number of hydrogen-bond acceptors (Lipinski definition) is 4. The Morgan fingerprint density at radius 1 is 1.00 bits per heavy atom. The van der Waals surface area contributed by atoms with Gasteiger partial charge < -0.3 is 19.5 Å². The lowest BCUT2D eigenvalue weighted by Gasteiger charge is -2.18. The van der Waals surface area contributed by atoms with E-state index in [9.17, 15) is 4.79 Å². The van der Waals surface area contributed by atoms with Crippen LogP contribution < -0.4 is 19.5 Å². The number of carbonyl (C=O) groups excluding carboxylic acids is 1. The maximum Gasteiger partial charge on any atom is 0.261 e. The van der Waals surface area contributed by atoms with Gasteiger partial charge in [0.05, 0.1) is 14.2 Å². The predicted molar refractivity (Wildman–Crippen MR) is 111 cm³/mol. The van der Waals surface area contributed by atoms with E-state index >= 15 is 0 Å². The monoisotopic (exact) mass is 385 g/mol. The number of hydrogen-bond donors (Lipinski definition) is 1.